The first kappa shape index (κ1) is 57.1. The molecule has 8 nitrogen and oxygen atoms in total. The third kappa shape index (κ3) is 41.2. The van der Waals surface area contributed by atoms with E-state index in [1.807, 2.05) is 0 Å². The molecule has 0 bridgehead atoms. The monoisotopic (exact) mass is 836 g/mol. The fourth-order valence-corrected chi connectivity index (χ4v) is 7.71. The fourth-order valence-electron chi connectivity index (χ4n) is 7.71. The highest BCUT2D eigenvalue weighted by Crippen LogP contribution is 2.16. The molecule has 0 saturated heterocycles. The first-order valence-electron chi connectivity index (χ1n) is 25.2. The summed E-state index contributed by atoms with van der Waals surface area (Å²) in [5.41, 5.74) is 0. The topological polar surface area (TPSA) is 102 Å². The molecule has 0 spiro atoms. The van der Waals surface area contributed by atoms with Gasteiger partial charge in [0.2, 0.25) is 0 Å². The minimum atomic E-state index is -1.12. The number of nitrogens with zero attached hydrogens (tertiary/aromatic N) is 1. The van der Waals surface area contributed by atoms with Crippen LogP contribution in [0.1, 0.15) is 245 Å². The standard InChI is InChI=1S/C51H97NO7/c1-6-8-10-12-14-16-18-20-22-23-24-25-26-27-28-30-31-33-35-37-39-41-49(53)58-46-47(45-57-44-43-48(51(55)56)52(3,4)5)59-50(54)42-40-38-36-34-32-29-21-19-17-15-13-11-9-7-2/h29,32,47-48H,6-28,30-31,33-46H2,1-5H3/b32-29+. The molecule has 0 aromatic carbocycles. The van der Waals surface area contributed by atoms with Crippen LogP contribution in [0.4, 0.5) is 0 Å². The lowest BCUT2D eigenvalue weighted by Gasteiger charge is -2.34. The smallest absolute Gasteiger partial charge is 0.306 e. The summed E-state index contributed by atoms with van der Waals surface area (Å²) in [6.07, 6.45) is 46.7. The van der Waals surface area contributed by atoms with Gasteiger partial charge in [0.15, 0.2) is 6.10 Å². The molecule has 0 radical (unpaired) electrons. The van der Waals surface area contributed by atoms with Crippen LogP contribution in [0.15, 0.2) is 12.2 Å². The summed E-state index contributed by atoms with van der Waals surface area (Å²) in [7, 11) is 5.42. The van der Waals surface area contributed by atoms with Gasteiger partial charge in [0.25, 0.3) is 0 Å². The van der Waals surface area contributed by atoms with E-state index in [1.165, 1.54) is 161 Å². The van der Waals surface area contributed by atoms with E-state index in [9.17, 15) is 19.5 Å². The lowest BCUT2D eigenvalue weighted by molar-refractivity contribution is -0.889. The lowest BCUT2D eigenvalue weighted by atomic mass is 10.0. The van der Waals surface area contributed by atoms with Crippen molar-refractivity contribution >= 4 is 17.9 Å². The van der Waals surface area contributed by atoms with Gasteiger partial charge in [-0.25, -0.2) is 0 Å². The second kappa shape index (κ2) is 42.7. The van der Waals surface area contributed by atoms with Crippen LogP contribution >= 0.6 is 0 Å². The zero-order chi connectivity index (χ0) is 43.5. The first-order valence-corrected chi connectivity index (χ1v) is 25.2. The molecule has 0 fully saturated rings. The first-order chi connectivity index (χ1) is 28.6. The number of carbonyl (C=O) groups is 3. The molecule has 0 aliphatic rings. The largest absolute Gasteiger partial charge is 0.544 e. The van der Waals surface area contributed by atoms with Crippen molar-refractivity contribution in [2.45, 2.75) is 257 Å². The highest BCUT2D eigenvalue weighted by atomic mass is 16.6. The van der Waals surface area contributed by atoms with Crippen LogP contribution < -0.4 is 5.11 Å². The molecule has 348 valence electrons. The number of aliphatic carboxylic acids is 1. The minimum absolute atomic E-state index is 0.0405. The van der Waals surface area contributed by atoms with Crippen LogP contribution in [0.25, 0.3) is 0 Å². The van der Waals surface area contributed by atoms with E-state index in [1.54, 1.807) is 21.1 Å². The molecule has 2 atom stereocenters. The molecule has 0 aliphatic carbocycles. The number of esters is 2. The molecule has 0 amide bonds. The van der Waals surface area contributed by atoms with Crippen molar-refractivity contribution in [3.05, 3.63) is 12.2 Å². The van der Waals surface area contributed by atoms with Crippen LogP contribution in [0, 0.1) is 0 Å². The predicted molar refractivity (Wildman–Crippen MR) is 245 cm³/mol. The molecule has 2 unspecified atom stereocenters. The fraction of sp³-hybridized carbons (Fsp3) is 0.902. The van der Waals surface area contributed by atoms with Gasteiger partial charge in [0, 0.05) is 19.3 Å². The van der Waals surface area contributed by atoms with Crippen LogP contribution in [-0.2, 0) is 28.6 Å². The van der Waals surface area contributed by atoms with Gasteiger partial charge in [-0.3, -0.25) is 9.59 Å². The second-order valence-electron chi connectivity index (χ2n) is 18.4. The summed E-state index contributed by atoms with van der Waals surface area (Å²) in [4.78, 5) is 36.9. The van der Waals surface area contributed by atoms with Gasteiger partial charge in [0.1, 0.15) is 12.6 Å². The number of quaternary nitrogens is 1. The van der Waals surface area contributed by atoms with Gasteiger partial charge < -0.3 is 28.6 Å². The molecule has 0 N–H and O–H groups in total. The van der Waals surface area contributed by atoms with E-state index in [2.05, 4.69) is 26.0 Å². The van der Waals surface area contributed by atoms with E-state index in [0.717, 1.165) is 51.4 Å². The second-order valence-corrected chi connectivity index (χ2v) is 18.4. The van der Waals surface area contributed by atoms with Gasteiger partial charge in [-0.1, -0.05) is 199 Å². The lowest BCUT2D eigenvalue weighted by Crippen LogP contribution is -2.55. The molecular weight excluding hydrogens is 739 g/mol. The van der Waals surface area contributed by atoms with E-state index in [0.29, 0.717) is 12.8 Å². The molecule has 0 aromatic heterocycles. The number of rotatable bonds is 46. The van der Waals surface area contributed by atoms with Crippen molar-refractivity contribution in [3.63, 3.8) is 0 Å². The molecule has 0 aromatic rings. The maximum atomic E-state index is 12.7. The number of carboxylic acids is 1. The summed E-state index contributed by atoms with van der Waals surface area (Å²) < 4.78 is 17.2. The number of unbranched alkanes of at least 4 members (excludes halogenated alkanes) is 30. The molecule has 0 heterocycles. The molecule has 8 heteroatoms. The molecule has 59 heavy (non-hydrogen) atoms. The summed E-state index contributed by atoms with van der Waals surface area (Å²) in [6, 6.07) is -0.724. The van der Waals surface area contributed by atoms with Crippen molar-refractivity contribution in [2.24, 2.45) is 0 Å². The Kier molecular flexibility index (Phi) is 41.3. The Hall–Kier alpha value is -1.93. The summed E-state index contributed by atoms with van der Waals surface area (Å²) >= 11 is 0. The highest BCUT2D eigenvalue weighted by molar-refractivity contribution is 5.70. The summed E-state index contributed by atoms with van der Waals surface area (Å²) in [5, 5.41) is 11.6. The maximum absolute atomic E-state index is 12.7. The SMILES string of the molecule is CCCCCCCCC/C=C/CCCCCC(=O)OC(COCCC(C(=O)[O-])[N+](C)(C)C)COC(=O)CCCCCCCCCCCCCCCCCCCCCCC. The Bertz CT molecular complexity index is 978. The van der Waals surface area contributed by atoms with Crippen molar-refractivity contribution in [3.8, 4) is 0 Å². The van der Waals surface area contributed by atoms with Crippen molar-refractivity contribution in [2.75, 3.05) is 41.0 Å². The summed E-state index contributed by atoms with van der Waals surface area (Å²) in [6.45, 7) is 4.68. The molecule has 0 rings (SSSR count). The van der Waals surface area contributed by atoms with Crippen molar-refractivity contribution in [1.82, 2.24) is 0 Å². The Morgan fingerprint density at radius 1 is 0.492 bits per heavy atom. The zero-order valence-electron chi connectivity index (χ0n) is 39.7. The van der Waals surface area contributed by atoms with Crippen molar-refractivity contribution < 1.29 is 38.2 Å². The van der Waals surface area contributed by atoms with Gasteiger partial charge in [-0.2, -0.15) is 0 Å². The third-order valence-corrected chi connectivity index (χ3v) is 11.7. The third-order valence-electron chi connectivity index (χ3n) is 11.7. The molecule has 0 saturated carbocycles. The van der Waals surface area contributed by atoms with Gasteiger partial charge in [-0.15, -0.1) is 0 Å². The predicted octanol–water partition coefficient (Wildman–Crippen LogP) is 12.9. The van der Waals surface area contributed by atoms with Crippen molar-refractivity contribution in [1.29, 1.82) is 0 Å². The number of hydrogen-bond donors (Lipinski definition) is 0. The molecule has 0 aliphatic heterocycles. The van der Waals surface area contributed by atoms with E-state index in [-0.39, 0.29) is 42.7 Å². The van der Waals surface area contributed by atoms with E-state index >= 15 is 0 Å². The number of likely N-dealkylation sites (N-methyl/N-ethyl adjacent to an activating group) is 1. The van der Waals surface area contributed by atoms with E-state index < -0.39 is 18.1 Å². The summed E-state index contributed by atoms with van der Waals surface area (Å²) in [5.74, 6) is -1.74. The number of allylic oxidation sites excluding steroid dienone is 2. The number of carboxylic acid groups (broad SMARTS) is 1. The Morgan fingerprint density at radius 3 is 1.24 bits per heavy atom. The highest BCUT2D eigenvalue weighted by Gasteiger charge is 2.25. The Labute approximate surface area is 365 Å². The minimum Gasteiger partial charge on any atom is -0.544 e. The number of hydrogen-bond acceptors (Lipinski definition) is 7. The Balaban J connectivity index is 4.19. The van der Waals surface area contributed by atoms with Gasteiger partial charge in [0.05, 0.1) is 40.3 Å². The van der Waals surface area contributed by atoms with Crippen LogP contribution in [0.3, 0.4) is 0 Å². The average molecular weight is 836 g/mol. The van der Waals surface area contributed by atoms with Gasteiger partial charge in [-0.05, 0) is 38.5 Å². The van der Waals surface area contributed by atoms with Crippen LogP contribution in [-0.4, -0.2) is 75.5 Å². The van der Waals surface area contributed by atoms with Crippen LogP contribution in [0.5, 0.6) is 0 Å². The van der Waals surface area contributed by atoms with Gasteiger partial charge >= 0.3 is 11.9 Å². The van der Waals surface area contributed by atoms with E-state index in [4.69, 9.17) is 14.2 Å². The average Bonchev–Trinajstić information content (AvgIpc) is 3.19. The zero-order valence-corrected chi connectivity index (χ0v) is 39.7. The quantitative estimate of drug-likeness (QED) is 0.0260. The Morgan fingerprint density at radius 2 is 0.847 bits per heavy atom. The maximum Gasteiger partial charge on any atom is 0.306 e. The molecular formula is C51H97NO7. The van der Waals surface area contributed by atoms with Crippen LogP contribution in [0.2, 0.25) is 0 Å². The normalized spacial score (nSPS) is 12.9. The number of carbonyl (C=O) groups excluding carboxylic acids is 3. The number of ether oxygens (including phenoxy) is 3.